The van der Waals surface area contributed by atoms with Gasteiger partial charge in [0.05, 0.1) is 29.3 Å². The molecule has 0 N–H and O–H groups in total. The topological polar surface area (TPSA) is 47.8 Å². The lowest BCUT2D eigenvalue weighted by Crippen LogP contribution is -2.21. The number of rotatable bonds is 3. The van der Waals surface area contributed by atoms with Gasteiger partial charge in [-0.05, 0) is 35.9 Å². The first-order valence-electron chi connectivity index (χ1n) is 9.27. The van der Waals surface area contributed by atoms with Crippen LogP contribution in [0.5, 0.6) is 0 Å². The van der Waals surface area contributed by atoms with Crippen LogP contribution < -0.4 is 5.56 Å². The first-order chi connectivity index (χ1) is 14.2. The maximum atomic E-state index is 14.9. The zero-order valence-corrected chi connectivity index (χ0v) is 15.4. The molecule has 3 aromatic carbocycles. The number of hydrogen-bond acceptors (Lipinski definition) is 3. The smallest absolute Gasteiger partial charge is 0.269 e. The van der Waals surface area contributed by atoms with Gasteiger partial charge in [-0.2, -0.15) is 0 Å². The predicted octanol–water partition coefficient (Wildman–Crippen LogP) is 4.80. The van der Waals surface area contributed by atoms with Crippen LogP contribution in [0.15, 0.2) is 90.0 Å². The molecule has 140 valence electrons. The Morgan fingerprint density at radius 2 is 1.55 bits per heavy atom. The van der Waals surface area contributed by atoms with Crippen molar-refractivity contribution in [3.8, 4) is 11.1 Å². The molecule has 4 nitrogen and oxygen atoms in total. The summed E-state index contributed by atoms with van der Waals surface area (Å²) in [5.74, 6) is -0.358. The van der Waals surface area contributed by atoms with Crippen LogP contribution in [0.3, 0.4) is 0 Å². The second-order valence-corrected chi connectivity index (χ2v) is 6.89. The predicted molar refractivity (Wildman–Crippen MR) is 112 cm³/mol. The summed E-state index contributed by atoms with van der Waals surface area (Å²) in [4.78, 5) is 20.9. The van der Waals surface area contributed by atoms with Crippen LogP contribution in [0, 0.1) is 5.82 Å². The minimum atomic E-state index is -0.358. The number of halogens is 1. The van der Waals surface area contributed by atoms with Gasteiger partial charge in [-0.1, -0.05) is 42.5 Å². The van der Waals surface area contributed by atoms with Crippen LogP contribution in [-0.2, 0) is 6.54 Å². The molecule has 0 aliphatic carbocycles. The van der Waals surface area contributed by atoms with Gasteiger partial charge in [0, 0.05) is 22.7 Å². The first kappa shape index (κ1) is 17.3. The molecule has 5 rings (SSSR count). The van der Waals surface area contributed by atoms with Crippen molar-refractivity contribution in [2.24, 2.45) is 0 Å². The van der Waals surface area contributed by atoms with Crippen LogP contribution in [0.2, 0.25) is 0 Å². The molecule has 0 fully saturated rings. The molecule has 0 aliphatic heterocycles. The van der Waals surface area contributed by atoms with Crippen LogP contribution in [0.4, 0.5) is 4.39 Å². The summed E-state index contributed by atoms with van der Waals surface area (Å²) in [6, 6.07) is 22.2. The highest BCUT2D eigenvalue weighted by Gasteiger charge is 2.10. The molecule has 0 amide bonds. The molecule has 2 aromatic heterocycles. The third kappa shape index (κ3) is 3.17. The fourth-order valence-corrected chi connectivity index (χ4v) is 3.53. The maximum absolute atomic E-state index is 14.9. The summed E-state index contributed by atoms with van der Waals surface area (Å²) < 4.78 is 16.5. The molecule has 29 heavy (non-hydrogen) atoms. The van der Waals surface area contributed by atoms with E-state index in [1.165, 1.54) is 16.8 Å². The number of fused-ring (bicyclic) bond motifs is 2. The Bertz CT molecular complexity index is 1430. The Hall–Kier alpha value is -3.86. The lowest BCUT2D eigenvalue weighted by molar-refractivity contribution is 0.599. The van der Waals surface area contributed by atoms with E-state index in [1.54, 1.807) is 12.3 Å². The zero-order chi connectivity index (χ0) is 19.8. The quantitative estimate of drug-likeness (QED) is 0.451. The molecule has 0 aliphatic rings. The highest BCUT2D eigenvalue weighted by atomic mass is 19.1. The number of nitrogens with zero attached hydrogens (tertiary/aromatic N) is 3. The highest BCUT2D eigenvalue weighted by molar-refractivity contribution is 5.83. The molecule has 5 aromatic rings. The van der Waals surface area contributed by atoms with E-state index in [4.69, 9.17) is 0 Å². The van der Waals surface area contributed by atoms with Crippen molar-refractivity contribution < 1.29 is 4.39 Å². The van der Waals surface area contributed by atoms with Crippen molar-refractivity contribution in [3.05, 3.63) is 107 Å². The average Bonchev–Trinajstić information content (AvgIpc) is 2.76. The number of para-hydroxylation sites is 3. The SMILES string of the molecule is O=c1cnc2ccccc2n1Cc1ccc(-c2cnc3ccccc3c2)cc1F. The Balaban J connectivity index is 1.53. The van der Waals surface area contributed by atoms with Gasteiger partial charge in [-0.3, -0.25) is 9.78 Å². The van der Waals surface area contributed by atoms with E-state index in [9.17, 15) is 9.18 Å². The molecule has 0 saturated carbocycles. The standard InChI is InChI=1S/C24H16FN3O/c25-20-12-16(19-11-17-5-1-2-6-21(17)26-13-19)9-10-18(20)15-28-23-8-4-3-7-22(23)27-14-24(28)29/h1-14H,15H2. The third-order valence-electron chi connectivity index (χ3n) is 5.06. The Kier molecular flexibility index (Phi) is 4.13. The fourth-order valence-electron chi connectivity index (χ4n) is 3.53. The van der Waals surface area contributed by atoms with Gasteiger partial charge in [0.1, 0.15) is 5.82 Å². The fraction of sp³-hybridized carbons (Fsp3) is 0.0417. The second-order valence-electron chi connectivity index (χ2n) is 6.89. The minimum absolute atomic E-state index is 0.143. The minimum Gasteiger partial charge on any atom is -0.301 e. The van der Waals surface area contributed by atoms with E-state index >= 15 is 0 Å². The van der Waals surface area contributed by atoms with Gasteiger partial charge in [-0.15, -0.1) is 0 Å². The average molecular weight is 381 g/mol. The summed E-state index contributed by atoms with van der Waals surface area (Å²) >= 11 is 0. The van der Waals surface area contributed by atoms with E-state index in [0.29, 0.717) is 16.6 Å². The van der Waals surface area contributed by atoms with Gasteiger partial charge in [0.2, 0.25) is 0 Å². The largest absolute Gasteiger partial charge is 0.301 e. The lowest BCUT2D eigenvalue weighted by Gasteiger charge is -2.11. The van der Waals surface area contributed by atoms with Crippen molar-refractivity contribution in [1.82, 2.24) is 14.5 Å². The zero-order valence-electron chi connectivity index (χ0n) is 15.4. The van der Waals surface area contributed by atoms with Crippen LogP contribution in [0.25, 0.3) is 33.1 Å². The van der Waals surface area contributed by atoms with Gasteiger partial charge in [0.15, 0.2) is 0 Å². The summed E-state index contributed by atoms with van der Waals surface area (Å²) in [7, 11) is 0. The summed E-state index contributed by atoms with van der Waals surface area (Å²) in [6.45, 7) is 0.143. The molecule has 0 atom stereocenters. The van der Waals surface area contributed by atoms with Crippen molar-refractivity contribution in [2.75, 3.05) is 0 Å². The van der Waals surface area contributed by atoms with Gasteiger partial charge >= 0.3 is 0 Å². The monoisotopic (exact) mass is 381 g/mol. The van der Waals surface area contributed by atoms with Gasteiger partial charge < -0.3 is 4.57 Å². The van der Waals surface area contributed by atoms with E-state index in [2.05, 4.69) is 9.97 Å². The second kappa shape index (κ2) is 6.95. The maximum Gasteiger partial charge on any atom is 0.269 e. The summed E-state index contributed by atoms with van der Waals surface area (Å²) in [5.41, 5.74) is 4.06. The molecule has 0 spiro atoms. The number of pyridine rings is 1. The molecule has 0 bridgehead atoms. The van der Waals surface area contributed by atoms with E-state index in [1.807, 2.05) is 60.7 Å². The van der Waals surface area contributed by atoms with Gasteiger partial charge in [0.25, 0.3) is 5.56 Å². The summed E-state index contributed by atoms with van der Waals surface area (Å²) in [6.07, 6.45) is 3.02. The Labute approximate surface area is 165 Å². The van der Waals surface area contributed by atoms with Crippen molar-refractivity contribution >= 4 is 21.9 Å². The molecular formula is C24H16FN3O. The van der Waals surface area contributed by atoms with Crippen LogP contribution in [-0.4, -0.2) is 14.5 Å². The number of benzene rings is 3. The molecule has 0 saturated heterocycles. The van der Waals surface area contributed by atoms with Crippen LogP contribution >= 0.6 is 0 Å². The lowest BCUT2D eigenvalue weighted by atomic mass is 10.0. The van der Waals surface area contributed by atoms with E-state index < -0.39 is 0 Å². The van der Waals surface area contributed by atoms with Crippen molar-refractivity contribution in [1.29, 1.82) is 0 Å². The summed E-state index contributed by atoms with van der Waals surface area (Å²) in [5, 5.41) is 1.00. The van der Waals surface area contributed by atoms with Crippen molar-refractivity contribution in [3.63, 3.8) is 0 Å². The molecule has 2 heterocycles. The van der Waals surface area contributed by atoms with Crippen molar-refractivity contribution in [2.45, 2.75) is 6.54 Å². The molecule has 0 unspecified atom stereocenters. The van der Waals surface area contributed by atoms with Gasteiger partial charge in [-0.25, -0.2) is 9.37 Å². The first-order valence-corrected chi connectivity index (χ1v) is 9.27. The number of hydrogen-bond donors (Lipinski definition) is 0. The molecule has 5 heteroatoms. The third-order valence-corrected chi connectivity index (χ3v) is 5.06. The Morgan fingerprint density at radius 1 is 0.793 bits per heavy atom. The molecule has 0 radical (unpaired) electrons. The molecular weight excluding hydrogens is 365 g/mol. The van der Waals surface area contributed by atoms with E-state index in [-0.39, 0.29) is 17.9 Å². The van der Waals surface area contributed by atoms with E-state index in [0.717, 1.165) is 22.0 Å². The number of aromatic nitrogens is 3. The normalized spacial score (nSPS) is 11.2. The van der Waals surface area contributed by atoms with Crippen LogP contribution in [0.1, 0.15) is 5.56 Å². The Morgan fingerprint density at radius 3 is 2.41 bits per heavy atom. The highest BCUT2D eigenvalue weighted by Crippen LogP contribution is 2.25.